The Morgan fingerprint density at radius 2 is 2.00 bits per heavy atom. The van der Waals surface area contributed by atoms with Gasteiger partial charge in [-0.2, -0.15) is 4.31 Å². The van der Waals surface area contributed by atoms with Crippen LogP contribution < -0.4 is 5.73 Å². The molecule has 0 aromatic carbocycles. The summed E-state index contributed by atoms with van der Waals surface area (Å²) in [5.74, 6) is 0. The van der Waals surface area contributed by atoms with Crippen molar-refractivity contribution in [1.29, 1.82) is 0 Å². The maximum absolute atomic E-state index is 12.9. The zero-order valence-electron chi connectivity index (χ0n) is 12.7. The number of hydrogen-bond acceptors (Lipinski definition) is 4. The number of aromatic nitrogens is 2. The molecule has 1 aliphatic rings. The van der Waals surface area contributed by atoms with Crippen molar-refractivity contribution in [1.82, 2.24) is 13.9 Å². The maximum atomic E-state index is 12.9. The van der Waals surface area contributed by atoms with Gasteiger partial charge in [0.05, 0.1) is 6.33 Å². The molecule has 6 nitrogen and oxygen atoms in total. The average molecular weight is 314 g/mol. The first kappa shape index (κ1) is 16.5. The summed E-state index contributed by atoms with van der Waals surface area (Å²) in [7, 11) is -1.74. The molecular weight excluding hydrogens is 288 g/mol. The number of aryl methyl sites for hydroxylation is 1. The Bertz CT molecular complexity index is 533. The zero-order valence-corrected chi connectivity index (χ0v) is 13.6. The normalized spacial score (nSPS) is 18.0. The number of rotatable bonds is 6. The number of imidazole rings is 1. The van der Waals surface area contributed by atoms with Crippen molar-refractivity contribution >= 4 is 10.0 Å². The van der Waals surface area contributed by atoms with Crippen LogP contribution in [0.3, 0.4) is 0 Å². The number of hydrogen-bond donors (Lipinski definition) is 1. The summed E-state index contributed by atoms with van der Waals surface area (Å²) in [6.45, 7) is 0.987. The first-order chi connectivity index (χ1) is 10.1. The van der Waals surface area contributed by atoms with Gasteiger partial charge >= 0.3 is 0 Å². The molecule has 0 bridgehead atoms. The maximum Gasteiger partial charge on any atom is 0.262 e. The lowest BCUT2D eigenvalue weighted by atomic mass is 10.1. The first-order valence-electron chi connectivity index (χ1n) is 7.75. The Morgan fingerprint density at radius 3 is 2.52 bits per heavy atom. The van der Waals surface area contributed by atoms with Crippen molar-refractivity contribution in [3.63, 3.8) is 0 Å². The standard InChI is InChI=1S/C14H26N4O2S/c1-17-11-14(16-12-17)21(19,20)18(10-6-9-15)13-7-4-2-3-5-8-13/h11-13H,2-10,15H2,1H3. The van der Waals surface area contributed by atoms with E-state index in [0.717, 1.165) is 25.7 Å². The van der Waals surface area contributed by atoms with Crippen molar-refractivity contribution in [2.24, 2.45) is 12.8 Å². The Labute approximate surface area is 127 Å². The molecule has 0 amide bonds. The lowest BCUT2D eigenvalue weighted by Crippen LogP contribution is -2.41. The van der Waals surface area contributed by atoms with Crippen molar-refractivity contribution in [2.75, 3.05) is 13.1 Å². The molecule has 0 saturated heterocycles. The third kappa shape index (κ3) is 4.05. The van der Waals surface area contributed by atoms with Gasteiger partial charge in [0.1, 0.15) is 0 Å². The van der Waals surface area contributed by atoms with Gasteiger partial charge in [-0.1, -0.05) is 25.7 Å². The highest BCUT2D eigenvalue weighted by Crippen LogP contribution is 2.26. The lowest BCUT2D eigenvalue weighted by molar-refractivity contribution is 0.290. The van der Waals surface area contributed by atoms with Crippen LogP contribution in [0.4, 0.5) is 0 Å². The van der Waals surface area contributed by atoms with E-state index in [4.69, 9.17) is 5.73 Å². The fourth-order valence-corrected chi connectivity index (χ4v) is 4.63. The largest absolute Gasteiger partial charge is 0.339 e. The summed E-state index contributed by atoms with van der Waals surface area (Å²) < 4.78 is 29.1. The van der Waals surface area contributed by atoms with Crippen LogP contribution >= 0.6 is 0 Å². The van der Waals surface area contributed by atoms with Crippen LogP contribution in [-0.4, -0.2) is 41.4 Å². The van der Waals surface area contributed by atoms with E-state index in [-0.39, 0.29) is 11.1 Å². The van der Waals surface area contributed by atoms with Gasteiger partial charge in [0.2, 0.25) is 0 Å². The third-order valence-corrected chi connectivity index (χ3v) is 5.91. The highest BCUT2D eigenvalue weighted by molar-refractivity contribution is 7.89. The van der Waals surface area contributed by atoms with Crippen LogP contribution in [-0.2, 0) is 17.1 Å². The summed E-state index contributed by atoms with van der Waals surface area (Å²) in [6, 6.07) is 0.0889. The van der Waals surface area contributed by atoms with E-state index in [0.29, 0.717) is 19.5 Å². The summed E-state index contributed by atoms with van der Waals surface area (Å²) in [5, 5.41) is 0.145. The van der Waals surface area contributed by atoms with Crippen LogP contribution in [0, 0.1) is 0 Å². The molecule has 1 aliphatic carbocycles. The monoisotopic (exact) mass is 314 g/mol. The van der Waals surface area contributed by atoms with Crippen molar-refractivity contribution in [3.8, 4) is 0 Å². The Hall–Kier alpha value is -0.920. The number of nitrogens with two attached hydrogens (primary N) is 1. The van der Waals surface area contributed by atoms with Gasteiger partial charge in [-0.3, -0.25) is 0 Å². The molecule has 120 valence electrons. The van der Waals surface area contributed by atoms with Crippen molar-refractivity contribution in [2.45, 2.75) is 56.0 Å². The molecule has 1 heterocycles. The second-order valence-electron chi connectivity index (χ2n) is 5.78. The second-order valence-corrected chi connectivity index (χ2v) is 7.62. The molecule has 1 aromatic rings. The molecule has 2 rings (SSSR count). The van der Waals surface area contributed by atoms with Crippen LogP contribution in [0.5, 0.6) is 0 Å². The fraction of sp³-hybridized carbons (Fsp3) is 0.786. The van der Waals surface area contributed by atoms with Gasteiger partial charge < -0.3 is 10.3 Å². The van der Waals surface area contributed by atoms with Crippen molar-refractivity contribution in [3.05, 3.63) is 12.5 Å². The molecule has 0 radical (unpaired) electrons. The molecule has 21 heavy (non-hydrogen) atoms. The molecule has 0 atom stereocenters. The molecule has 1 fully saturated rings. The summed E-state index contributed by atoms with van der Waals surface area (Å²) in [4.78, 5) is 4.04. The SMILES string of the molecule is Cn1cnc(S(=O)(=O)N(CCCN)C2CCCCCC2)c1. The number of nitrogens with zero attached hydrogens (tertiary/aromatic N) is 3. The smallest absolute Gasteiger partial charge is 0.262 e. The fourth-order valence-electron chi connectivity index (χ4n) is 2.93. The van der Waals surface area contributed by atoms with E-state index < -0.39 is 10.0 Å². The van der Waals surface area contributed by atoms with E-state index in [1.54, 1.807) is 22.1 Å². The molecule has 1 saturated carbocycles. The molecular formula is C14H26N4O2S. The van der Waals surface area contributed by atoms with Gasteiger partial charge in [0.15, 0.2) is 5.03 Å². The topological polar surface area (TPSA) is 81.2 Å². The minimum Gasteiger partial charge on any atom is -0.339 e. The summed E-state index contributed by atoms with van der Waals surface area (Å²) in [5.41, 5.74) is 5.58. The van der Waals surface area contributed by atoms with Gasteiger partial charge in [-0.05, 0) is 25.8 Å². The highest BCUT2D eigenvalue weighted by atomic mass is 32.2. The molecule has 0 unspecified atom stereocenters. The van der Waals surface area contributed by atoms with Crippen LogP contribution in [0.15, 0.2) is 17.6 Å². The Balaban J connectivity index is 2.25. The highest BCUT2D eigenvalue weighted by Gasteiger charge is 2.32. The predicted octanol–water partition coefficient (Wildman–Crippen LogP) is 1.48. The van der Waals surface area contributed by atoms with Gasteiger partial charge in [0.25, 0.3) is 10.0 Å². The van der Waals surface area contributed by atoms with Gasteiger partial charge in [-0.25, -0.2) is 13.4 Å². The van der Waals surface area contributed by atoms with E-state index >= 15 is 0 Å². The Kier molecular flexibility index (Phi) is 5.78. The van der Waals surface area contributed by atoms with Gasteiger partial charge in [0, 0.05) is 25.8 Å². The van der Waals surface area contributed by atoms with E-state index in [9.17, 15) is 8.42 Å². The molecule has 2 N–H and O–H groups in total. The predicted molar refractivity (Wildman–Crippen MR) is 82.3 cm³/mol. The molecule has 1 aromatic heterocycles. The zero-order chi connectivity index (χ0) is 15.3. The summed E-state index contributed by atoms with van der Waals surface area (Å²) >= 11 is 0. The van der Waals surface area contributed by atoms with E-state index in [1.807, 2.05) is 0 Å². The average Bonchev–Trinajstić information content (AvgIpc) is 2.73. The number of sulfonamides is 1. The minimum atomic E-state index is -3.52. The van der Waals surface area contributed by atoms with Crippen LogP contribution in [0.2, 0.25) is 0 Å². The molecule has 0 spiro atoms. The molecule has 0 aliphatic heterocycles. The van der Waals surface area contributed by atoms with Crippen LogP contribution in [0.1, 0.15) is 44.9 Å². The van der Waals surface area contributed by atoms with E-state index in [1.165, 1.54) is 19.2 Å². The quantitative estimate of drug-likeness (QED) is 0.807. The third-order valence-electron chi connectivity index (χ3n) is 4.07. The van der Waals surface area contributed by atoms with Crippen LogP contribution in [0.25, 0.3) is 0 Å². The minimum absolute atomic E-state index is 0.0889. The van der Waals surface area contributed by atoms with E-state index in [2.05, 4.69) is 4.98 Å². The lowest BCUT2D eigenvalue weighted by Gasteiger charge is -2.29. The van der Waals surface area contributed by atoms with Crippen molar-refractivity contribution < 1.29 is 8.42 Å². The second kappa shape index (κ2) is 7.38. The molecule has 7 heteroatoms. The Morgan fingerprint density at radius 1 is 1.33 bits per heavy atom. The first-order valence-corrected chi connectivity index (χ1v) is 9.19. The summed E-state index contributed by atoms with van der Waals surface area (Å²) in [6.07, 6.45) is 10.3. The van der Waals surface area contributed by atoms with Gasteiger partial charge in [-0.15, -0.1) is 0 Å².